The van der Waals surface area contributed by atoms with E-state index in [1.54, 1.807) is 12.1 Å². The first-order valence-electron chi connectivity index (χ1n) is 5.34. The van der Waals surface area contributed by atoms with E-state index in [9.17, 15) is 4.79 Å². The van der Waals surface area contributed by atoms with Crippen LogP contribution >= 0.6 is 0 Å². The largest absolute Gasteiger partial charge is 0.493 e. The average Bonchev–Trinajstić information content (AvgIpc) is 2.27. The van der Waals surface area contributed by atoms with Crippen LogP contribution in [-0.2, 0) is 6.42 Å². The predicted octanol–water partition coefficient (Wildman–Crippen LogP) is 2.72. The van der Waals surface area contributed by atoms with Gasteiger partial charge in [-0.25, -0.2) is 0 Å². The summed E-state index contributed by atoms with van der Waals surface area (Å²) in [6.07, 6.45) is 0.713. The molecule has 0 aromatic heterocycles. The number of hydrogen-bond donors (Lipinski definition) is 0. The number of benzene rings is 1. The van der Waals surface area contributed by atoms with Crippen molar-refractivity contribution in [3.05, 3.63) is 28.8 Å². The normalized spacial score (nSPS) is 9.62. The molecule has 0 heterocycles. The number of aryl methyl sites for hydroxylation is 1. The van der Waals surface area contributed by atoms with Crippen LogP contribution in [0.4, 0.5) is 0 Å². The van der Waals surface area contributed by atoms with E-state index in [-0.39, 0.29) is 5.78 Å². The zero-order chi connectivity index (χ0) is 12.1. The van der Waals surface area contributed by atoms with Gasteiger partial charge in [0.2, 0.25) is 0 Å². The molecule has 0 unspecified atom stereocenters. The van der Waals surface area contributed by atoms with Crippen LogP contribution in [0.3, 0.4) is 0 Å². The van der Waals surface area contributed by atoms with Crippen molar-refractivity contribution in [3.63, 3.8) is 0 Å². The lowest BCUT2D eigenvalue weighted by atomic mass is 9.98. The van der Waals surface area contributed by atoms with Crippen molar-refractivity contribution in [2.45, 2.75) is 27.2 Å². The number of ether oxygens (including phenoxy) is 1. The fourth-order valence-electron chi connectivity index (χ4n) is 1.69. The minimum absolute atomic E-state index is 0.0233. The highest BCUT2D eigenvalue weighted by Crippen LogP contribution is 2.26. The van der Waals surface area contributed by atoms with Crippen molar-refractivity contribution in [3.8, 4) is 11.8 Å². The van der Waals surface area contributed by atoms with E-state index < -0.39 is 0 Å². The summed E-state index contributed by atoms with van der Waals surface area (Å²) in [5, 5.41) is 8.89. The van der Waals surface area contributed by atoms with Crippen LogP contribution in [0.5, 0.6) is 5.75 Å². The van der Waals surface area contributed by atoms with Crippen LogP contribution in [0, 0.1) is 11.3 Å². The minimum atomic E-state index is -0.0233. The van der Waals surface area contributed by atoms with E-state index in [0.717, 1.165) is 5.56 Å². The second kappa shape index (κ2) is 5.32. The summed E-state index contributed by atoms with van der Waals surface area (Å²) in [4.78, 5) is 11.6. The van der Waals surface area contributed by atoms with Crippen molar-refractivity contribution in [2.75, 3.05) is 6.61 Å². The molecule has 0 fully saturated rings. The van der Waals surface area contributed by atoms with E-state index in [1.165, 1.54) is 6.92 Å². The molecule has 0 saturated heterocycles. The molecule has 3 nitrogen and oxygen atoms in total. The lowest BCUT2D eigenvalue weighted by molar-refractivity contribution is 0.101. The Morgan fingerprint density at radius 3 is 2.56 bits per heavy atom. The van der Waals surface area contributed by atoms with Crippen LogP contribution < -0.4 is 4.74 Å². The number of carbonyl (C=O) groups excluding carboxylic acids is 1. The summed E-state index contributed by atoms with van der Waals surface area (Å²) in [5.74, 6) is 0.496. The Hall–Kier alpha value is -1.82. The quantitative estimate of drug-likeness (QED) is 0.728. The van der Waals surface area contributed by atoms with Gasteiger partial charge in [0.15, 0.2) is 5.78 Å². The number of ketones is 1. The first-order chi connectivity index (χ1) is 7.63. The van der Waals surface area contributed by atoms with Crippen LogP contribution in [0.25, 0.3) is 0 Å². The summed E-state index contributed by atoms with van der Waals surface area (Å²) in [6, 6.07) is 5.45. The Morgan fingerprint density at radius 2 is 2.12 bits per heavy atom. The number of carbonyl (C=O) groups is 1. The fourth-order valence-corrected chi connectivity index (χ4v) is 1.69. The third-order valence-corrected chi connectivity index (χ3v) is 2.35. The Morgan fingerprint density at radius 1 is 1.44 bits per heavy atom. The van der Waals surface area contributed by atoms with Gasteiger partial charge in [-0.2, -0.15) is 5.26 Å². The molecule has 0 aliphatic heterocycles. The Labute approximate surface area is 95.7 Å². The molecule has 0 N–H and O–H groups in total. The summed E-state index contributed by atoms with van der Waals surface area (Å²) >= 11 is 0. The molecule has 16 heavy (non-hydrogen) atoms. The molecule has 1 aromatic carbocycles. The molecule has 1 rings (SSSR count). The van der Waals surface area contributed by atoms with Gasteiger partial charge >= 0.3 is 0 Å². The van der Waals surface area contributed by atoms with E-state index >= 15 is 0 Å². The molecule has 3 heteroatoms. The Kier molecular flexibility index (Phi) is 4.07. The summed E-state index contributed by atoms with van der Waals surface area (Å²) in [5.41, 5.74) is 2.00. The molecule has 84 valence electrons. The van der Waals surface area contributed by atoms with E-state index in [4.69, 9.17) is 10.00 Å². The van der Waals surface area contributed by atoms with E-state index in [0.29, 0.717) is 29.9 Å². The molecule has 0 spiro atoms. The molecule has 0 saturated carbocycles. The van der Waals surface area contributed by atoms with Crippen molar-refractivity contribution in [1.29, 1.82) is 5.26 Å². The second-order valence-corrected chi connectivity index (χ2v) is 3.46. The number of Topliss-reactive ketones (excluding diaryl/α,β-unsaturated/α-hetero) is 1. The monoisotopic (exact) mass is 217 g/mol. The van der Waals surface area contributed by atoms with Gasteiger partial charge in [-0.1, -0.05) is 6.92 Å². The van der Waals surface area contributed by atoms with Gasteiger partial charge in [0.1, 0.15) is 5.75 Å². The standard InChI is InChI=1S/C13H15NO2/c1-4-11-6-10(8-14)7-12(16-5-2)13(11)9(3)15/h6-7H,4-5H2,1-3H3. The molecule has 0 aliphatic rings. The van der Waals surface area contributed by atoms with Gasteiger partial charge in [-0.15, -0.1) is 0 Å². The van der Waals surface area contributed by atoms with E-state index in [1.807, 2.05) is 13.8 Å². The number of nitrogens with zero attached hydrogens (tertiary/aromatic N) is 1. The molecule has 0 bridgehead atoms. The fraction of sp³-hybridized carbons (Fsp3) is 0.385. The third-order valence-electron chi connectivity index (χ3n) is 2.35. The van der Waals surface area contributed by atoms with Crippen LogP contribution in [0.2, 0.25) is 0 Å². The van der Waals surface area contributed by atoms with Crippen molar-refractivity contribution >= 4 is 5.78 Å². The smallest absolute Gasteiger partial charge is 0.163 e. The predicted molar refractivity (Wildman–Crippen MR) is 61.7 cm³/mol. The lowest BCUT2D eigenvalue weighted by Gasteiger charge is -2.12. The van der Waals surface area contributed by atoms with Crippen LogP contribution in [0.1, 0.15) is 42.3 Å². The molecule has 0 atom stereocenters. The van der Waals surface area contributed by atoms with Gasteiger partial charge in [-0.3, -0.25) is 4.79 Å². The molecular weight excluding hydrogens is 202 g/mol. The summed E-state index contributed by atoms with van der Waals surface area (Å²) < 4.78 is 5.41. The van der Waals surface area contributed by atoms with Gasteiger partial charge in [0.05, 0.1) is 23.8 Å². The second-order valence-electron chi connectivity index (χ2n) is 3.46. The van der Waals surface area contributed by atoms with Crippen LogP contribution in [0.15, 0.2) is 12.1 Å². The lowest BCUT2D eigenvalue weighted by Crippen LogP contribution is -2.05. The highest BCUT2D eigenvalue weighted by Gasteiger charge is 2.14. The van der Waals surface area contributed by atoms with Crippen molar-refractivity contribution < 1.29 is 9.53 Å². The molecule has 0 amide bonds. The first kappa shape index (κ1) is 12.3. The summed E-state index contributed by atoms with van der Waals surface area (Å²) in [7, 11) is 0. The van der Waals surface area contributed by atoms with Gasteiger partial charge in [0, 0.05) is 0 Å². The number of rotatable bonds is 4. The molecule has 1 aromatic rings. The molecule has 0 aliphatic carbocycles. The Balaban J connectivity index is 3.42. The minimum Gasteiger partial charge on any atom is -0.493 e. The highest BCUT2D eigenvalue weighted by atomic mass is 16.5. The number of hydrogen-bond acceptors (Lipinski definition) is 3. The Bertz CT molecular complexity index is 444. The van der Waals surface area contributed by atoms with Crippen molar-refractivity contribution in [2.24, 2.45) is 0 Å². The third kappa shape index (κ3) is 2.40. The maximum atomic E-state index is 11.6. The van der Waals surface area contributed by atoms with Gasteiger partial charge < -0.3 is 4.74 Å². The topological polar surface area (TPSA) is 50.1 Å². The maximum absolute atomic E-state index is 11.6. The zero-order valence-electron chi connectivity index (χ0n) is 9.83. The average molecular weight is 217 g/mol. The zero-order valence-corrected chi connectivity index (χ0v) is 9.83. The summed E-state index contributed by atoms with van der Waals surface area (Å²) in [6.45, 7) is 5.81. The number of nitriles is 1. The van der Waals surface area contributed by atoms with Crippen molar-refractivity contribution in [1.82, 2.24) is 0 Å². The van der Waals surface area contributed by atoms with Gasteiger partial charge in [0.25, 0.3) is 0 Å². The highest BCUT2D eigenvalue weighted by molar-refractivity contribution is 5.98. The SMILES string of the molecule is CCOc1cc(C#N)cc(CC)c1C(C)=O. The van der Waals surface area contributed by atoms with E-state index in [2.05, 4.69) is 6.07 Å². The first-order valence-corrected chi connectivity index (χ1v) is 5.34. The maximum Gasteiger partial charge on any atom is 0.163 e. The molecule has 0 radical (unpaired) electrons. The van der Waals surface area contributed by atoms with Crippen LogP contribution in [-0.4, -0.2) is 12.4 Å². The van der Waals surface area contributed by atoms with Gasteiger partial charge in [-0.05, 0) is 38.0 Å². The molecular formula is C13H15NO2.